The Kier molecular flexibility index (Phi) is 5.24. The van der Waals surface area contributed by atoms with E-state index in [0.29, 0.717) is 18.1 Å². The lowest BCUT2D eigenvalue weighted by Crippen LogP contribution is -2.37. The quantitative estimate of drug-likeness (QED) is 0.771. The molecular formula is C18H20ClN3O3S2. The SMILES string of the molecule is O=C(N[C@@H]1C[C@H]1c1cccc(Cl)c1)c1cc(S(=O)(=O)N2CCSCC2)c[nH]1. The highest BCUT2D eigenvalue weighted by Gasteiger charge is 2.40. The Hall–Kier alpha value is -1.48. The lowest BCUT2D eigenvalue weighted by Gasteiger charge is -2.24. The van der Waals surface area contributed by atoms with Crippen molar-refractivity contribution in [3.63, 3.8) is 0 Å². The minimum atomic E-state index is -3.55. The van der Waals surface area contributed by atoms with Crippen LogP contribution >= 0.6 is 23.4 Å². The number of amides is 1. The molecule has 1 saturated heterocycles. The van der Waals surface area contributed by atoms with Gasteiger partial charge in [0.25, 0.3) is 5.91 Å². The summed E-state index contributed by atoms with van der Waals surface area (Å²) in [7, 11) is -3.55. The number of carbonyl (C=O) groups excluding carboxylic acids is 1. The molecule has 1 amide bonds. The van der Waals surface area contributed by atoms with Crippen LogP contribution in [0.1, 0.15) is 28.4 Å². The number of aromatic amines is 1. The van der Waals surface area contributed by atoms with Crippen molar-refractivity contribution in [2.24, 2.45) is 0 Å². The first-order chi connectivity index (χ1) is 12.9. The number of benzene rings is 1. The summed E-state index contributed by atoms with van der Waals surface area (Å²) in [6, 6.07) is 9.09. The minimum Gasteiger partial charge on any atom is -0.356 e. The molecule has 1 aliphatic carbocycles. The van der Waals surface area contributed by atoms with E-state index < -0.39 is 10.0 Å². The van der Waals surface area contributed by atoms with Gasteiger partial charge in [-0.05, 0) is 30.2 Å². The molecule has 2 aliphatic rings. The zero-order valence-corrected chi connectivity index (χ0v) is 16.9. The Morgan fingerprint density at radius 1 is 1.26 bits per heavy atom. The van der Waals surface area contributed by atoms with Crippen LogP contribution in [0.25, 0.3) is 0 Å². The molecule has 2 heterocycles. The fourth-order valence-corrected chi connectivity index (χ4v) is 6.07. The number of halogens is 1. The van der Waals surface area contributed by atoms with Crippen LogP contribution in [-0.2, 0) is 10.0 Å². The highest BCUT2D eigenvalue weighted by atomic mass is 35.5. The Labute approximate surface area is 167 Å². The summed E-state index contributed by atoms with van der Waals surface area (Å²) in [6.07, 6.45) is 2.25. The lowest BCUT2D eigenvalue weighted by atomic mass is 10.1. The number of nitrogens with zero attached hydrogens (tertiary/aromatic N) is 1. The van der Waals surface area contributed by atoms with Crippen LogP contribution in [0.2, 0.25) is 5.02 Å². The molecule has 2 atom stereocenters. The largest absolute Gasteiger partial charge is 0.356 e. The summed E-state index contributed by atoms with van der Waals surface area (Å²) >= 11 is 7.77. The van der Waals surface area contributed by atoms with Gasteiger partial charge in [0.1, 0.15) is 10.6 Å². The van der Waals surface area contributed by atoms with Crippen LogP contribution in [0, 0.1) is 0 Å². The number of hydrogen-bond acceptors (Lipinski definition) is 4. The molecule has 2 N–H and O–H groups in total. The van der Waals surface area contributed by atoms with Crippen molar-refractivity contribution in [2.75, 3.05) is 24.6 Å². The van der Waals surface area contributed by atoms with Gasteiger partial charge in [-0.1, -0.05) is 23.7 Å². The van der Waals surface area contributed by atoms with Gasteiger partial charge in [-0.25, -0.2) is 8.42 Å². The molecule has 2 aromatic rings. The Morgan fingerprint density at radius 2 is 2.04 bits per heavy atom. The summed E-state index contributed by atoms with van der Waals surface area (Å²) in [5, 5.41) is 3.64. The third-order valence-corrected chi connectivity index (χ3v) is 7.95. The zero-order valence-electron chi connectivity index (χ0n) is 14.5. The van der Waals surface area contributed by atoms with E-state index in [1.165, 1.54) is 16.6 Å². The Morgan fingerprint density at radius 3 is 2.78 bits per heavy atom. The standard InChI is InChI=1S/C18H20ClN3O3S2/c19-13-3-1-2-12(8-13)15-10-16(15)21-18(23)17-9-14(11-20-17)27(24,25)22-4-6-26-7-5-22/h1-3,8-9,11,15-16,20H,4-7,10H2,(H,21,23)/t15-,16+/m0/s1. The first-order valence-electron chi connectivity index (χ1n) is 8.78. The van der Waals surface area contributed by atoms with Gasteiger partial charge in [0, 0.05) is 47.8 Å². The molecular weight excluding hydrogens is 406 g/mol. The molecule has 1 aliphatic heterocycles. The Bertz CT molecular complexity index is 954. The second kappa shape index (κ2) is 7.50. The molecule has 6 nitrogen and oxygen atoms in total. The lowest BCUT2D eigenvalue weighted by molar-refractivity contribution is 0.0946. The topological polar surface area (TPSA) is 82.3 Å². The van der Waals surface area contributed by atoms with Gasteiger partial charge < -0.3 is 10.3 Å². The van der Waals surface area contributed by atoms with E-state index >= 15 is 0 Å². The minimum absolute atomic E-state index is 0.0402. The average Bonchev–Trinajstić information content (AvgIpc) is 3.24. The van der Waals surface area contributed by atoms with E-state index in [0.717, 1.165) is 23.5 Å². The van der Waals surface area contributed by atoms with Crippen LogP contribution in [0.3, 0.4) is 0 Å². The van der Waals surface area contributed by atoms with Crippen molar-refractivity contribution in [1.29, 1.82) is 0 Å². The van der Waals surface area contributed by atoms with Gasteiger partial charge in [-0.15, -0.1) is 0 Å². The number of thioether (sulfide) groups is 1. The van der Waals surface area contributed by atoms with Gasteiger partial charge >= 0.3 is 0 Å². The van der Waals surface area contributed by atoms with Gasteiger partial charge in [-0.3, -0.25) is 4.79 Å². The van der Waals surface area contributed by atoms with Crippen LogP contribution in [0.15, 0.2) is 41.4 Å². The van der Waals surface area contributed by atoms with E-state index in [1.807, 2.05) is 24.3 Å². The molecule has 1 aromatic carbocycles. The van der Waals surface area contributed by atoms with E-state index in [-0.39, 0.29) is 28.5 Å². The smallest absolute Gasteiger partial charge is 0.267 e. The summed E-state index contributed by atoms with van der Waals surface area (Å²) in [4.78, 5) is 15.4. The summed E-state index contributed by atoms with van der Waals surface area (Å²) < 4.78 is 26.8. The van der Waals surface area contributed by atoms with E-state index in [1.54, 1.807) is 11.8 Å². The van der Waals surface area contributed by atoms with Crippen molar-refractivity contribution in [2.45, 2.75) is 23.3 Å². The van der Waals surface area contributed by atoms with Gasteiger partial charge in [0.05, 0.1) is 0 Å². The molecule has 0 unspecified atom stereocenters. The number of sulfonamides is 1. The van der Waals surface area contributed by atoms with E-state index in [9.17, 15) is 13.2 Å². The third kappa shape index (κ3) is 4.03. The average molecular weight is 426 g/mol. The molecule has 0 spiro atoms. The maximum Gasteiger partial charge on any atom is 0.267 e. The summed E-state index contributed by atoms with van der Waals surface area (Å²) in [6.45, 7) is 1.01. The van der Waals surface area contributed by atoms with Crippen molar-refractivity contribution in [3.8, 4) is 0 Å². The molecule has 2 fully saturated rings. The molecule has 27 heavy (non-hydrogen) atoms. The zero-order chi connectivity index (χ0) is 19.0. The fourth-order valence-electron chi connectivity index (χ4n) is 3.30. The fraction of sp³-hybridized carbons (Fsp3) is 0.389. The van der Waals surface area contributed by atoms with Gasteiger partial charge in [-0.2, -0.15) is 16.1 Å². The second-order valence-corrected chi connectivity index (χ2v) is 10.3. The number of H-pyrrole nitrogens is 1. The van der Waals surface area contributed by atoms with Crippen LogP contribution in [-0.4, -0.2) is 54.3 Å². The monoisotopic (exact) mass is 425 g/mol. The number of aromatic nitrogens is 1. The molecule has 0 radical (unpaired) electrons. The first kappa shape index (κ1) is 18.9. The highest BCUT2D eigenvalue weighted by Crippen LogP contribution is 2.41. The van der Waals surface area contributed by atoms with Crippen molar-refractivity contribution in [1.82, 2.24) is 14.6 Å². The number of rotatable bonds is 5. The molecule has 1 saturated carbocycles. The summed E-state index contributed by atoms with van der Waals surface area (Å²) in [5.74, 6) is 1.55. The van der Waals surface area contributed by atoms with Crippen LogP contribution in [0.5, 0.6) is 0 Å². The first-order valence-corrected chi connectivity index (χ1v) is 11.7. The van der Waals surface area contributed by atoms with Crippen molar-refractivity contribution >= 4 is 39.3 Å². The predicted molar refractivity (Wildman–Crippen MR) is 107 cm³/mol. The summed E-state index contributed by atoms with van der Waals surface area (Å²) in [5.41, 5.74) is 1.36. The van der Waals surface area contributed by atoms with E-state index in [2.05, 4.69) is 10.3 Å². The molecule has 144 valence electrons. The molecule has 1 aromatic heterocycles. The third-order valence-electron chi connectivity index (χ3n) is 4.89. The molecule has 9 heteroatoms. The van der Waals surface area contributed by atoms with Gasteiger partial charge in [0.15, 0.2) is 0 Å². The normalized spacial score (nSPS) is 23.1. The van der Waals surface area contributed by atoms with Gasteiger partial charge in [0.2, 0.25) is 10.0 Å². The Balaban J connectivity index is 1.41. The van der Waals surface area contributed by atoms with Crippen LogP contribution < -0.4 is 5.32 Å². The number of carbonyl (C=O) groups is 1. The predicted octanol–water partition coefficient (Wildman–Crippen LogP) is 2.69. The maximum absolute atomic E-state index is 12.7. The van der Waals surface area contributed by atoms with Crippen molar-refractivity contribution in [3.05, 3.63) is 52.8 Å². The molecule has 4 rings (SSSR count). The van der Waals surface area contributed by atoms with E-state index in [4.69, 9.17) is 11.6 Å². The van der Waals surface area contributed by atoms with Crippen molar-refractivity contribution < 1.29 is 13.2 Å². The second-order valence-electron chi connectivity index (χ2n) is 6.74. The molecule has 0 bridgehead atoms. The number of hydrogen-bond donors (Lipinski definition) is 2. The highest BCUT2D eigenvalue weighted by molar-refractivity contribution is 7.99. The van der Waals surface area contributed by atoms with Crippen LogP contribution in [0.4, 0.5) is 0 Å². The maximum atomic E-state index is 12.7. The number of nitrogens with one attached hydrogen (secondary N) is 2.